The number of nitrogens with one attached hydrogen (secondary N) is 2. The molecule has 1 fully saturated rings. The Morgan fingerprint density at radius 1 is 1.22 bits per heavy atom. The second-order valence-electron chi connectivity index (χ2n) is 9.76. The SMILES string of the molecule is C=CCOCC1(C(=O)N[C@H](C)CNC(=O)c2cccc(OCC=C)c2)CN(C(=O)OC(C)(C)C)CCO1. The molecule has 0 aromatic heterocycles. The Kier molecular flexibility index (Phi) is 11.1. The molecule has 0 spiro atoms. The number of ether oxygens (including phenoxy) is 4. The fourth-order valence-electron chi connectivity index (χ4n) is 3.50. The molecule has 204 valence electrons. The topological polar surface area (TPSA) is 115 Å². The fourth-order valence-corrected chi connectivity index (χ4v) is 3.50. The molecule has 1 aliphatic rings. The van der Waals surface area contributed by atoms with E-state index in [1.54, 1.807) is 64.1 Å². The zero-order valence-electron chi connectivity index (χ0n) is 22.2. The zero-order valence-corrected chi connectivity index (χ0v) is 22.2. The Balaban J connectivity index is 2.02. The van der Waals surface area contributed by atoms with Crippen LogP contribution in [0.15, 0.2) is 49.6 Å². The van der Waals surface area contributed by atoms with E-state index in [1.165, 1.54) is 4.90 Å². The minimum Gasteiger partial charge on any atom is -0.490 e. The van der Waals surface area contributed by atoms with E-state index in [4.69, 9.17) is 18.9 Å². The maximum atomic E-state index is 13.4. The summed E-state index contributed by atoms with van der Waals surface area (Å²) in [5.74, 6) is -0.204. The normalized spacial score (nSPS) is 18.3. The molecule has 1 aromatic rings. The molecule has 0 aliphatic carbocycles. The first kappa shape index (κ1) is 29.9. The number of carbonyl (C=O) groups is 3. The van der Waals surface area contributed by atoms with Crippen molar-refractivity contribution in [2.75, 3.05) is 46.1 Å². The average molecular weight is 518 g/mol. The zero-order chi connectivity index (χ0) is 27.5. The number of rotatable bonds is 12. The lowest BCUT2D eigenvalue weighted by Crippen LogP contribution is -2.64. The molecule has 0 saturated carbocycles. The summed E-state index contributed by atoms with van der Waals surface area (Å²) in [5, 5.41) is 5.68. The molecular weight excluding hydrogens is 478 g/mol. The molecule has 2 atom stereocenters. The van der Waals surface area contributed by atoms with Gasteiger partial charge in [-0.1, -0.05) is 24.8 Å². The lowest BCUT2D eigenvalue weighted by atomic mass is 10.0. The molecule has 3 amide bonds. The summed E-state index contributed by atoms with van der Waals surface area (Å²) in [7, 11) is 0. The van der Waals surface area contributed by atoms with E-state index in [1.807, 2.05) is 0 Å². The average Bonchev–Trinajstić information content (AvgIpc) is 2.85. The highest BCUT2D eigenvalue weighted by molar-refractivity contribution is 5.94. The third-order valence-corrected chi connectivity index (χ3v) is 5.23. The Morgan fingerprint density at radius 2 is 1.95 bits per heavy atom. The number of morpholine rings is 1. The molecule has 2 rings (SSSR count). The van der Waals surface area contributed by atoms with Crippen LogP contribution in [0.2, 0.25) is 0 Å². The van der Waals surface area contributed by atoms with E-state index < -0.39 is 29.2 Å². The van der Waals surface area contributed by atoms with Crippen molar-refractivity contribution in [2.24, 2.45) is 0 Å². The Bertz CT molecular complexity index is 960. The summed E-state index contributed by atoms with van der Waals surface area (Å²) in [4.78, 5) is 40.1. The van der Waals surface area contributed by atoms with Gasteiger partial charge < -0.3 is 34.5 Å². The molecule has 10 nitrogen and oxygen atoms in total. The molecule has 1 saturated heterocycles. The molecule has 0 radical (unpaired) electrons. The van der Waals surface area contributed by atoms with Crippen LogP contribution in [0, 0.1) is 0 Å². The number of hydrogen-bond donors (Lipinski definition) is 2. The Labute approximate surface area is 219 Å². The lowest BCUT2D eigenvalue weighted by molar-refractivity contribution is -0.170. The van der Waals surface area contributed by atoms with Crippen LogP contribution in [-0.2, 0) is 19.0 Å². The minimum absolute atomic E-state index is 0.0402. The van der Waals surface area contributed by atoms with Gasteiger partial charge in [0, 0.05) is 24.7 Å². The first-order valence-electron chi connectivity index (χ1n) is 12.2. The number of amides is 3. The molecule has 1 aromatic carbocycles. The standard InChI is InChI=1S/C27H39N3O7/c1-7-13-34-19-27(18-30(12-15-36-27)25(33)37-26(4,5)6)24(32)29-20(3)17-28-23(31)21-10-9-11-22(16-21)35-14-8-2/h7-11,16,20H,1-2,12-15,17-19H2,3-6H3,(H,28,31)(H,29,32)/t20-,27?/m1/s1. The van der Waals surface area contributed by atoms with Gasteiger partial charge in [0.1, 0.15) is 18.0 Å². The second-order valence-corrected chi connectivity index (χ2v) is 9.76. The maximum Gasteiger partial charge on any atom is 0.410 e. The number of benzene rings is 1. The molecule has 0 bridgehead atoms. The summed E-state index contributed by atoms with van der Waals surface area (Å²) < 4.78 is 22.4. The minimum atomic E-state index is -1.44. The molecule has 10 heteroatoms. The van der Waals surface area contributed by atoms with Crippen LogP contribution in [0.25, 0.3) is 0 Å². The Morgan fingerprint density at radius 3 is 2.62 bits per heavy atom. The summed E-state index contributed by atoms with van der Waals surface area (Å²) in [5.41, 5.74) is -1.69. The van der Waals surface area contributed by atoms with Crippen LogP contribution in [0.5, 0.6) is 5.75 Å². The van der Waals surface area contributed by atoms with Crippen molar-refractivity contribution in [1.29, 1.82) is 0 Å². The van der Waals surface area contributed by atoms with E-state index in [2.05, 4.69) is 23.8 Å². The van der Waals surface area contributed by atoms with Gasteiger partial charge in [0.05, 0.1) is 26.4 Å². The van der Waals surface area contributed by atoms with Gasteiger partial charge in [0.2, 0.25) is 0 Å². The van der Waals surface area contributed by atoms with Crippen molar-refractivity contribution in [1.82, 2.24) is 15.5 Å². The van der Waals surface area contributed by atoms with Gasteiger partial charge in [-0.15, -0.1) is 6.58 Å². The van der Waals surface area contributed by atoms with Gasteiger partial charge in [-0.05, 0) is 45.9 Å². The third-order valence-electron chi connectivity index (χ3n) is 5.23. The van der Waals surface area contributed by atoms with Gasteiger partial charge >= 0.3 is 6.09 Å². The lowest BCUT2D eigenvalue weighted by Gasteiger charge is -2.41. The van der Waals surface area contributed by atoms with Crippen molar-refractivity contribution in [3.63, 3.8) is 0 Å². The predicted octanol–water partition coefficient (Wildman–Crippen LogP) is 2.69. The van der Waals surface area contributed by atoms with Crippen molar-refractivity contribution >= 4 is 17.9 Å². The number of hydrogen-bond acceptors (Lipinski definition) is 7. The summed E-state index contributed by atoms with van der Waals surface area (Å²) in [6, 6.07) is 6.35. The van der Waals surface area contributed by atoms with E-state index in [-0.39, 0.29) is 45.4 Å². The molecule has 1 unspecified atom stereocenters. The van der Waals surface area contributed by atoms with Gasteiger partial charge in [0.25, 0.3) is 11.8 Å². The summed E-state index contributed by atoms with van der Waals surface area (Å²) in [6.45, 7) is 15.3. The van der Waals surface area contributed by atoms with Gasteiger partial charge in [0.15, 0.2) is 5.60 Å². The third kappa shape index (κ3) is 9.55. The highest BCUT2D eigenvalue weighted by Crippen LogP contribution is 2.22. The number of nitrogens with zero attached hydrogens (tertiary/aromatic N) is 1. The van der Waals surface area contributed by atoms with Crippen molar-refractivity contribution in [3.05, 3.63) is 55.1 Å². The van der Waals surface area contributed by atoms with Crippen LogP contribution >= 0.6 is 0 Å². The highest BCUT2D eigenvalue weighted by atomic mass is 16.6. The van der Waals surface area contributed by atoms with Crippen molar-refractivity contribution in [2.45, 2.75) is 44.9 Å². The number of carbonyl (C=O) groups excluding carboxylic acids is 3. The molecule has 1 aliphatic heterocycles. The van der Waals surface area contributed by atoms with Crippen molar-refractivity contribution in [3.8, 4) is 5.75 Å². The maximum absolute atomic E-state index is 13.4. The van der Waals surface area contributed by atoms with Crippen molar-refractivity contribution < 1.29 is 33.3 Å². The Hall–Kier alpha value is -3.37. The fraction of sp³-hybridized carbons (Fsp3) is 0.519. The second kappa shape index (κ2) is 13.8. The van der Waals surface area contributed by atoms with Crippen LogP contribution in [0.4, 0.5) is 4.79 Å². The van der Waals surface area contributed by atoms with Crippen LogP contribution in [0.1, 0.15) is 38.1 Å². The quantitative estimate of drug-likeness (QED) is 0.324. The van der Waals surface area contributed by atoms with Gasteiger partial charge in [-0.25, -0.2) is 4.79 Å². The molecule has 37 heavy (non-hydrogen) atoms. The van der Waals surface area contributed by atoms with Gasteiger partial charge in [-0.3, -0.25) is 9.59 Å². The molecule has 2 N–H and O–H groups in total. The molecular formula is C27H39N3O7. The molecule has 1 heterocycles. The summed E-state index contributed by atoms with van der Waals surface area (Å²) in [6.07, 6.45) is 2.65. The van der Waals surface area contributed by atoms with Crippen LogP contribution in [-0.4, -0.2) is 86.1 Å². The van der Waals surface area contributed by atoms with E-state index >= 15 is 0 Å². The van der Waals surface area contributed by atoms with Crippen LogP contribution in [0.3, 0.4) is 0 Å². The van der Waals surface area contributed by atoms with E-state index in [0.717, 1.165) is 0 Å². The first-order valence-corrected chi connectivity index (χ1v) is 12.2. The predicted molar refractivity (Wildman–Crippen MR) is 140 cm³/mol. The monoisotopic (exact) mass is 517 g/mol. The van der Waals surface area contributed by atoms with Crippen LogP contribution < -0.4 is 15.4 Å². The van der Waals surface area contributed by atoms with Gasteiger partial charge in [-0.2, -0.15) is 0 Å². The smallest absolute Gasteiger partial charge is 0.410 e. The summed E-state index contributed by atoms with van der Waals surface area (Å²) >= 11 is 0. The van der Waals surface area contributed by atoms with E-state index in [9.17, 15) is 14.4 Å². The largest absolute Gasteiger partial charge is 0.490 e. The first-order chi connectivity index (χ1) is 17.5. The van der Waals surface area contributed by atoms with E-state index in [0.29, 0.717) is 17.9 Å². The highest BCUT2D eigenvalue weighted by Gasteiger charge is 2.46.